The van der Waals surface area contributed by atoms with Gasteiger partial charge in [-0.15, -0.1) is 0 Å². The summed E-state index contributed by atoms with van der Waals surface area (Å²) in [7, 11) is 1.55. The molecule has 1 aliphatic heterocycles. The number of fused-ring (bicyclic) bond motifs is 1. The third kappa shape index (κ3) is 5.01. The summed E-state index contributed by atoms with van der Waals surface area (Å²) >= 11 is 0. The molecule has 172 valence electrons. The third-order valence-electron chi connectivity index (χ3n) is 5.42. The monoisotopic (exact) mass is 460 g/mol. The molecule has 4 nitrogen and oxygen atoms in total. The quantitative estimate of drug-likeness (QED) is 0.427. The number of methoxy groups -OCH3 is 1. The highest BCUT2D eigenvalue weighted by molar-refractivity contribution is 5.92. The van der Waals surface area contributed by atoms with Crippen molar-refractivity contribution in [2.45, 2.75) is 25.6 Å². The van der Waals surface area contributed by atoms with E-state index < -0.39 is 35.3 Å². The van der Waals surface area contributed by atoms with E-state index in [9.17, 15) is 22.4 Å². The summed E-state index contributed by atoms with van der Waals surface area (Å²) in [5, 5.41) is 0. The van der Waals surface area contributed by atoms with E-state index in [1.54, 1.807) is 13.2 Å². The smallest absolute Gasteiger partial charge is 0.338 e. The zero-order valence-corrected chi connectivity index (χ0v) is 17.7. The van der Waals surface area contributed by atoms with E-state index >= 15 is 0 Å². The van der Waals surface area contributed by atoms with Gasteiger partial charge in [0.05, 0.1) is 12.2 Å². The Labute approximate surface area is 187 Å². The van der Waals surface area contributed by atoms with E-state index in [1.807, 2.05) is 6.08 Å². The lowest BCUT2D eigenvalue weighted by Crippen LogP contribution is -2.33. The van der Waals surface area contributed by atoms with Crippen molar-refractivity contribution in [3.8, 4) is 0 Å². The van der Waals surface area contributed by atoms with Crippen LogP contribution in [0.4, 0.5) is 17.6 Å². The topological polar surface area (TPSA) is 44.8 Å². The molecule has 0 amide bonds. The zero-order chi connectivity index (χ0) is 23.5. The molecule has 0 N–H and O–H groups in total. The van der Waals surface area contributed by atoms with Gasteiger partial charge in [0.15, 0.2) is 0 Å². The lowest BCUT2D eigenvalue weighted by atomic mass is 9.89. The molecule has 0 radical (unpaired) electrons. The van der Waals surface area contributed by atoms with Crippen molar-refractivity contribution in [2.75, 3.05) is 13.7 Å². The van der Waals surface area contributed by atoms with Crippen LogP contribution < -0.4 is 0 Å². The molecule has 0 saturated carbocycles. The van der Waals surface area contributed by atoms with Crippen LogP contribution in [0, 0.1) is 23.3 Å². The Morgan fingerprint density at radius 3 is 2.24 bits per heavy atom. The minimum absolute atomic E-state index is 0.0223. The summed E-state index contributed by atoms with van der Waals surface area (Å²) in [6.45, 7) is 0.0645. The fourth-order valence-electron chi connectivity index (χ4n) is 3.78. The first-order chi connectivity index (χ1) is 15.9. The van der Waals surface area contributed by atoms with Crippen molar-refractivity contribution in [1.82, 2.24) is 0 Å². The van der Waals surface area contributed by atoms with Crippen LogP contribution >= 0.6 is 0 Å². The number of carbonyl (C=O) groups excluding carboxylic acids is 1. The highest BCUT2D eigenvalue weighted by atomic mass is 19.1. The molecule has 33 heavy (non-hydrogen) atoms. The number of hydrogen-bond acceptors (Lipinski definition) is 4. The summed E-state index contributed by atoms with van der Waals surface area (Å²) in [6, 6.07) is 6.13. The Bertz CT molecular complexity index is 1180. The van der Waals surface area contributed by atoms with Crippen LogP contribution in [-0.4, -0.2) is 25.8 Å². The first-order valence-electron chi connectivity index (χ1n) is 10.2. The Kier molecular flexibility index (Phi) is 6.65. The molecule has 1 aliphatic carbocycles. The van der Waals surface area contributed by atoms with Crippen molar-refractivity contribution in [3.63, 3.8) is 0 Å². The maximum atomic E-state index is 14.3. The molecule has 2 aromatic rings. The van der Waals surface area contributed by atoms with Crippen molar-refractivity contribution < 1.29 is 36.6 Å². The number of benzene rings is 2. The first kappa shape index (κ1) is 22.8. The van der Waals surface area contributed by atoms with Crippen molar-refractivity contribution in [3.05, 3.63) is 105 Å². The lowest BCUT2D eigenvalue weighted by molar-refractivity contribution is -0.144. The molecular weight excluding hydrogens is 440 g/mol. The summed E-state index contributed by atoms with van der Waals surface area (Å²) in [4.78, 5) is 12.9. The fraction of sp³-hybridized carbons (Fsp3) is 0.240. The number of ether oxygens (including phenoxy) is 3. The number of allylic oxidation sites excluding steroid dienone is 2. The van der Waals surface area contributed by atoms with Crippen LogP contribution in [0.1, 0.15) is 17.5 Å². The van der Waals surface area contributed by atoms with Gasteiger partial charge in [0.1, 0.15) is 41.7 Å². The van der Waals surface area contributed by atoms with Gasteiger partial charge in [-0.1, -0.05) is 18.2 Å². The molecule has 0 fully saturated rings. The molecule has 0 aromatic heterocycles. The number of hydrogen-bond donors (Lipinski definition) is 0. The Balaban J connectivity index is 1.73. The second kappa shape index (κ2) is 9.62. The molecule has 1 unspecified atom stereocenters. The second-order valence-electron chi connectivity index (χ2n) is 7.72. The zero-order valence-electron chi connectivity index (χ0n) is 17.7. The molecule has 8 heteroatoms. The van der Waals surface area contributed by atoms with Crippen molar-refractivity contribution in [2.24, 2.45) is 0 Å². The van der Waals surface area contributed by atoms with E-state index in [-0.39, 0.29) is 35.5 Å². The molecule has 1 heterocycles. The van der Waals surface area contributed by atoms with E-state index in [2.05, 4.69) is 0 Å². The highest BCUT2D eigenvalue weighted by Crippen LogP contribution is 2.36. The van der Waals surface area contributed by atoms with Crippen LogP contribution in [0.2, 0.25) is 0 Å². The maximum Gasteiger partial charge on any atom is 0.338 e. The van der Waals surface area contributed by atoms with Crippen LogP contribution in [0.3, 0.4) is 0 Å². The second-order valence-corrected chi connectivity index (χ2v) is 7.72. The highest BCUT2D eigenvalue weighted by Gasteiger charge is 2.36. The summed E-state index contributed by atoms with van der Waals surface area (Å²) in [5.41, 5.74) is 1.61. The molecule has 1 atom stereocenters. The first-order valence-corrected chi connectivity index (χ1v) is 10.2. The minimum atomic E-state index is -0.818. The van der Waals surface area contributed by atoms with E-state index in [0.717, 1.165) is 29.8 Å². The largest absolute Gasteiger partial charge is 0.488 e. The van der Waals surface area contributed by atoms with Crippen LogP contribution in [0.25, 0.3) is 0 Å². The third-order valence-corrected chi connectivity index (χ3v) is 5.42. The van der Waals surface area contributed by atoms with Gasteiger partial charge in [-0.25, -0.2) is 22.4 Å². The predicted molar refractivity (Wildman–Crippen MR) is 111 cm³/mol. The van der Waals surface area contributed by atoms with Gasteiger partial charge >= 0.3 is 5.97 Å². The Morgan fingerprint density at radius 1 is 0.939 bits per heavy atom. The average Bonchev–Trinajstić information content (AvgIpc) is 2.76. The SMILES string of the molecule is COCC1=CC=C2C(OCc3ccc(F)cc3F)=C(Cc3ccc(F)cc3F)C(=O)OC2C1. The normalized spacial score (nSPS) is 17.8. The van der Waals surface area contributed by atoms with Crippen LogP contribution in [0.15, 0.2) is 71.0 Å². The Morgan fingerprint density at radius 2 is 1.61 bits per heavy atom. The van der Waals surface area contributed by atoms with Crippen LogP contribution in [0.5, 0.6) is 0 Å². The molecule has 0 spiro atoms. The van der Waals surface area contributed by atoms with Gasteiger partial charge in [-0.2, -0.15) is 0 Å². The van der Waals surface area contributed by atoms with Gasteiger partial charge in [0.2, 0.25) is 0 Å². The average molecular weight is 460 g/mol. The molecule has 2 aliphatic rings. The Hall–Kier alpha value is -3.39. The van der Waals surface area contributed by atoms with Crippen LogP contribution in [-0.2, 0) is 32.0 Å². The predicted octanol–water partition coefficient (Wildman–Crippen LogP) is 5.08. The number of carbonyl (C=O) groups is 1. The molecule has 0 bridgehead atoms. The summed E-state index contributed by atoms with van der Waals surface area (Å²) in [6.07, 6.45) is 3.04. The number of halogens is 4. The van der Waals surface area contributed by atoms with Gasteiger partial charge in [0, 0.05) is 43.2 Å². The summed E-state index contributed by atoms with van der Waals surface area (Å²) < 4.78 is 71.6. The fourth-order valence-corrected chi connectivity index (χ4v) is 3.78. The van der Waals surface area contributed by atoms with Crippen molar-refractivity contribution >= 4 is 5.97 Å². The summed E-state index contributed by atoms with van der Waals surface area (Å²) in [5.74, 6) is -3.66. The lowest BCUT2D eigenvalue weighted by Gasteiger charge is -2.32. The van der Waals surface area contributed by atoms with Crippen molar-refractivity contribution in [1.29, 1.82) is 0 Å². The molecule has 0 saturated heterocycles. The molecule has 4 rings (SSSR count). The maximum absolute atomic E-state index is 14.3. The molecular formula is C25H20F4O4. The molecule has 2 aromatic carbocycles. The van der Waals surface area contributed by atoms with Gasteiger partial charge in [-0.05, 0) is 29.3 Å². The standard InChI is InChI=1S/C25H20F4O4/c1-31-12-14-2-7-19-23(8-14)33-25(30)20(9-15-3-5-17(26)10-21(15)28)24(19)32-13-16-4-6-18(27)11-22(16)29/h2-7,10-11,23H,8-9,12-13H2,1H3. The van der Waals surface area contributed by atoms with Gasteiger partial charge < -0.3 is 14.2 Å². The van der Waals surface area contributed by atoms with E-state index in [4.69, 9.17) is 14.2 Å². The van der Waals surface area contributed by atoms with Gasteiger partial charge in [0.25, 0.3) is 0 Å². The van der Waals surface area contributed by atoms with E-state index in [1.165, 1.54) is 12.1 Å². The van der Waals surface area contributed by atoms with Gasteiger partial charge in [-0.3, -0.25) is 0 Å². The minimum Gasteiger partial charge on any atom is -0.488 e. The number of esters is 1. The van der Waals surface area contributed by atoms with E-state index in [0.29, 0.717) is 18.6 Å². The number of rotatable bonds is 7.